The molecule has 1 saturated heterocycles. The lowest BCUT2D eigenvalue weighted by Gasteiger charge is -2.36. The zero-order valence-electron chi connectivity index (χ0n) is 13.6. The summed E-state index contributed by atoms with van der Waals surface area (Å²) in [7, 11) is 0. The van der Waals surface area contributed by atoms with Crippen LogP contribution in [0, 0.1) is 0 Å². The smallest absolute Gasteiger partial charge is 0.224 e. The molecular weight excluding hydrogens is 320 g/mol. The van der Waals surface area contributed by atoms with Crippen molar-refractivity contribution in [2.75, 3.05) is 25.4 Å². The number of carbonyl (C=O) groups excluding carboxylic acids is 1. The van der Waals surface area contributed by atoms with E-state index in [1.54, 1.807) is 24.2 Å². The van der Waals surface area contributed by atoms with Gasteiger partial charge in [-0.1, -0.05) is 12.1 Å². The molecule has 0 spiro atoms. The van der Waals surface area contributed by atoms with Gasteiger partial charge in [-0.05, 0) is 23.8 Å². The quantitative estimate of drug-likeness (QED) is 0.816. The summed E-state index contributed by atoms with van der Waals surface area (Å²) >= 11 is 1.76. The Balaban J connectivity index is 1.51. The summed E-state index contributed by atoms with van der Waals surface area (Å²) in [5.74, 6) is 1.89. The standard InChI is InChI=1S/C18H22N4OS/c23-18(6-11-24-14-16-5-1-2-8-21-16)22-10-9-20-13-17(22)15-4-3-7-19-12-15/h1-5,7-8,12,17,20H,6,9-11,13-14H2. The van der Waals surface area contributed by atoms with Gasteiger partial charge in [0, 0.05) is 56.2 Å². The lowest BCUT2D eigenvalue weighted by molar-refractivity contribution is -0.134. The van der Waals surface area contributed by atoms with E-state index in [-0.39, 0.29) is 11.9 Å². The van der Waals surface area contributed by atoms with Crippen LogP contribution in [0.25, 0.3) is 0 Å². The van der Waals surface area contributed by atoms with Crippen molar-refractivity contribution in [1.29, 1.82) is 0 Å². The molecule has 1 aliphatic rings. The molecule has 2 aromatic rings. The normalized spacial score (nSPS) is 17.7. The van der Waals surface area contributed by atoms with Crippen molar-refractivity contribution >= 4 is 17.7 Å². The van der Waals surface area contributed by atoms with Gasteiger partial charge in [-0.25, -0.2) is 0 Å². The van der Waals surface area contributed by atoms with Crippen molar-refractivity contribution in [2.45, 2.75) is 18.2 Å². The highest BCUT2D eigenvalue weighted by molar-refractivity contribution is 7.98. The average Bonchev–Trinajstić information content (AvgIpc) is 2.66. The maximum Gasteiger partial charge on any atom is 0.224 e. The van der Waals surface area contributed by atoms with Crippen LogP contribution < -0.4 is 5.32 Å². The molecule has 1 atom stereocenters. The molecule has 1 unspecified atom stereocenters. The van der Waals surface area contributed by atoms with Gasteiger partial charge >= 0.3 is 0 Å². The van der Waals surface area contributed by atoms with E-state index >= 15 is 0 Å². The van der Waals surface area contributed by atoms with Gasteiger partial charge in [0.2, 0.25) is 5.91 Å². The number of hydrogen-bond donors (Lipinski definition) is 1. The maximum atomic E-state index is 12.6. The van der Waals surface area contributed by atoms with Crippen molar-refractivity contribution in [3.05, 3.63) is 60.2 Å². The topological polar surface area (TPSA) is 58.1 Å². The van der Waals surface area contributed by atoms with Crippen LogP contribution >= 0.6 is 11.8 Å². The fourth-order valence-corrected chi connectivity index (χ4v) is 3.68. The molecule has 126 valence electrons. The van der Waals surface area contributed by atoms with E-state index in [9.17, 15) is 4.79 Å². The second-order valence-corrected chi connectivity index (χ2v) is 6.82. The van der Waals surface area contributed by atoms with Gasteiger partial charge in [-0.15, -0.1) is 0 Å². The van der Waals surface area contributed by atoms with Crippen molar-refractivity contribution in [2.24, 2.45) is 0 Å². The minimum atomic E-state index is 0.0840. The summed E-state index contributed by atoms with van der Waals surface area (Å²) in [5, 5.41) is 3.37. The number of rotatable bonds is 6. The van der Waals surface area contributed by atoms with Crippen molar-refractivity contribution < 1.29 is 4.79 Å². The Morgan fingerprint density at radius 2 is 2.25 bits per heavy atom. The molecule has 5 nitrogen and oxygen atoms in total. The Bertz CT molecular complexity index is 638. The maximum absolute atomic E-state index is 12.6. The minimum Gasteiger partial charge on any atom is -0.333 e. The molecule has 6 heteroatoms. The largest absolute Gasteiger partial charge is 0.333 e. The average molecular weight is 342 g/mol. The van der Waals surface area contributed by atoms with Gasteiger partial charge in [0.1, 0.15) is 0 Å². The highest BCUT2D eigenvalue weighted by Crippen LogP contribution is 2.23. The van der Waals surface area contributed by atoms with Gasteiger partial charge in [0.25, 0.3) is 0 Å². The Morgan fingerprint density at radius 3 is 3.04 bits per heavy atom. The Morgan fingerprint density at radius 1 is 1.29 bits per heavy atom. The number of amides is 1. The number of hydrogen-bond acceptors (Lipinski definition) is 5. The summed E-state index contributed by atoms with van der Waals surface area (Å²) in [5.41, 5.74) is 2.16. The highest BCUT2D eigenvalue weighted by atomic mass is 32.2. The molecule has 1 N–H and O–H groups in total. The molecule has 1 aliphatic heterocycles. The SMILES string of the molecule is O=C(CCSCc1ccccn1)N1CCNCC1c1cccnc1. The number of nitrogens with one attached hydrogen (secondary N) is 1. The Hall–Kier alpha value is -1.92. The lowest BCUT2D eigenvalue weighted by Crippen LogP contribution is -2.48. The zero-order valence-corrected chi connectivity index (χ0v) is 14.4. The molecule has 0 aromatic carbocycles. The number of thioether (sulfide) groups is 1. The molecule has 1 fully saturated rings. The molecule has 3 heterocycles. The van der Waals surface area contributed by atoms with Crippen LogP contribution in [-0.4, -0.2) is 46.2 Å². The second-order valence-electron chi connectivity index (χ2n) is 5.72. The zero-order chi connectivity index (χ0) is 16.6. The predicted molar refractivity (Wildman–Crippen MR) is 96.6 cm³/mol. The predicted octanol–water partition coefficient (Wildman–Crippen LogP) is 2.27. The van der Waals surface area contributed by atoms with E-state index in [0.717, 1.165) is 42.4 Å². The number of pyridine rings is 2. The molecule has 2 aromatic heterocycles. The van der Waals surface area contributed by atoms with Crippen LogP contribution in [0.5, 0.6) is 0 Å². The van der Waals surface area contributed by atoms with E-state index < -0.39 is 0 Å². The van der Waals surface area contributed by atoms with Gasteiger partial charge in [-0.2, -0.15) is 11.8 Å². The summed E-state index contributed by atoms with van der Waals surface area (Å²) in [6.07, 6.45) is 5.99. The van der Waals surface area contributed by atoms with Crippen LogP contribution in [0.15, 0.2) is 48.9 Å². The summed E-state index contributed by atoms with van der Waals surface area (Å²) in [6.45, 7) is 2.39. The number of nitrogens with zero attached hydrogens (tertiary/aromatic N) is 3. The van der Waals surface area contributed by atoms with Gasteiger partial charge in [-0.3, -0.25) is 14.8 Å². The molecule has 3 rings (SSSR count). The van der Waals surface area contributed by atoms with Gasteiger partial charge < -0.3 is 10.2 Å². The van der Waals surface area contributed by atoms with Crippen LogP contribution in [0.3, 0.4) is 0 Å². The van der Waals surface area contributed by atoms with E-state index in [4.69, 9.17) is 0 Å². The highest BCUT2D eigenvalue weighted by Gasteiger charge is 2.27. The third-order valence-corrected chi connectivity index (χ3v) is 5.06. The fraction of sp³-hybridized carbons (Fsp3) is 0.389. The van der Waals surface area contributed by atoms with Crippen LogP contribution in [0.1, 0.15) is 23.7 Å². The third kappa shape index (κ3) is 4.55. The lowest BCUT2D eigenvalue weighted by atomic mass is 10.1. The molecule has 0 bridgehead atoms. The summed E-state index contributed by atoms with van der Waals surface area (Å²) < 4.78 is 0. The van der Waals surface area contributed by atoms with Gasteiger partial charge in [0.15, 0.2) is 0 Å². The first kappa shape index (κ1) is 16.9. The molecule has 0 aliphatic carbocycles. The summed E-state index contributed by atoms with van der Waals surface area (Å²) in [6, 6.07) is 9.98. The van der Waals surface area contributed by atoms with Crippen LogP contribution in [0.2, 0.25) is 0 Å². The van der Waals surface area contributed by atoms with E-state index in [0.29, 0.717) is 6.42 Å². The number of aromatic nitrogens is 2. The molecule has 24 heavy (non-hydrogen) atoms. The third-order valence-electron chi connectivity index (χ3n) is 4.07. The van der Waals surface area contributed by atoms with Crippen molar-refractivity contribution in [3.63, 3.8) is 0 Å². The Labute approximate surface area is 146 Å². The van der Waals surface area contributed by atoms with Crippen molar-refractivity contribution in [3.8, 4) is 0 Å². The van der Waals surface area contributed by atoms with Crippen molar-refractivity contribution in [1.82, 2.24) is 20.2 Å². The van der Waals surface area contributed by atoms with E-state index in [2.05, 4.69) is 15.3 Å². The van der Waals surface area contributed by atoms with Crippen LogP contribution in [-0.2, 0) is 10.5 Å². The molecular formula is C18H22N4OS. The first-order chi connectivity index (χ1) is 11.8. The van der Waals surface area contributed by atoms with Crippen LogP contribution in [0.4, 0.5) is 0 Å². The second kappa shape index (κ2) is 8.80. The van der Waals surface area contributed by atoms with E-state index in [1.165, 1.54) is 0 Å². The monoisotopic (exact) mass is 342 g/mol. The molecule has 0 saturated carbocycles. The summed E-state index contributed by atoms with van der Waals surface area (Å²) in [4.78, 5) is 23.1. The molecule has 1 amide bonds. The minimum absolute atomic E-state index is 0.0840. The first-order valence-electron chi connectivity index (χ1n) is 8.22. The molecule has 0 radical (unpaired) electrons. The van der Waals surface area contributed by atoms with Gasteiger partial charge in [0.05, 0.1) is 11.7 Å². The Kier molecular flexibility index (Phi) is 6.20. The van der Waals surface area contributed by atoms with E-state index in [1.807, 2.05) is 41.4 Å². The number of carbonyl (C=O) groups is 1. The first-order valence-corrected chi connectivity index (χ1v) is 9.38. The number of piperazine rings is 1. The fourth-order valence-electron chi connectivity index (χ4n) is 2.84.